The van der Waals surface area contributed by atoms with E-state index < -0.39 is 11.4 Å². The van der Waals surface area contributed by atoms with Crippen molar-refractivity contribution in [3.63, 3.8) is 0 Å². The molecule has 4 aromatic rings. The fraction of sp³-hybridized carbons (Fsp3) is 0.400. The van der Waals surface area contributed by atoms with Crippen LogP contribution in [0.1, 0.15) is 89.7 Å². The summed E-state index contributed by atoms with van der Waals surface area (Å²) in [6.45, 7) is 13.8. The average Bonchev–Trinajstić information content (AvgIpc) is 3.36. The minimum Gasteiger partial charge on any atom is -0.508 e. The summed E-state index contributed by atoms with van der Waals surface area (Å²) < 4.78 is 34.6. The van der Waals surface area contributed by atoms with E-state index in [1.807, 2.05) is 65.0 Å². The van der Waals surface area contributed by atoms with Crippen LogP contribution in [0.3, 0.4) is 0 Å². The van der Waals surface area contributed by atoms with Gasteiger partial charge in [-0.1, -0.05) is 44.2 Å². The number of rotatable bonds is 10. The number of amides is 1. The molecule has 0 radical (unpaired) electrons. The number of anilines is 1. The van der Waals surface area contributed by atoms with Gasteiger partial charge in [-0.2, -0.15) is 0 Å². The van der Waals surface area contributed by atoms with Crippen molar-refractivity contribution in [1.82, 2.24) is 4.57 Å². The first-order valence-electron chi connectivity index (χ1n) is 16.9. The molecular weight excluding hydrogens is 623 g/mol. The van der Waals surface area contributed by atoms with Crippen LogP contribution in [0.5, 0.6) is 5.75 Å². The highest BCUT2D eigenvalue weighted by atomic mass is 19.1. The Morgan fingerprint density at radius 1 is 0.959 bits per heavy atom. The number of nitrogens with zero attached hydrogens (tertiary/aromatic N) is 1. The van der Waals surface area contributed by atoms with Crippen LogP contribution in [0.25, 0.3) is 22.4 Å². The Kier molecular flexibility index (Phi) is 10.6. The number of nitrogens with one attached hydrogen (secondary N) is 1. The maximum Gasteiger partial charge on any atom is 0.308 e. The molecule has 8 nitrogen and oxygen atoms in total. The van der Waals surface area contributed by atoms with Crippen molar-refractivity contribution in [2.45, 2.75) is 104 Å². The van der Waals surface area contributed by atoms with Crippen LogP contribution in [0.2, 0.25) is 0 Å². The molecule has 2 N–H and O–H groups in total. The van der Waals surface area contributed by atoms with Crippen LogP contribution in [0, 0.1) is 5.82 Å². The molecule has 260 valence electrons. The second kappa shape index (κ2) is 14.6. The molecule has 9 heteroatoms. The number of phenols is 1. The molecule has 3 aromatic carbocycles. The number of aromatic nitrogens is 1. The van der Waals surface area contributed by atoms with Gasteiger partial charge in [-0.05, 0) is 107 Å². The maximum atomic E-state index is 14.4. The van der Waals surface area contributed by atoms with Crippen LogP contribution < -0.4 is 5.32 Å². The third-order valence-corrected chi connectivity index (χ3v) is 8.30. The summed E-state index contributed by atoms with van der Waals surface area (Å²) in [5.41, 5.74) is 4.43. The second-order valence-electron chi connectivity index (χ2n) is 14.4. The van der Waals surface area contributed by atoms with Crippen molar-refractivity contribution in [3.8, 4) is 28.1 Å². The summed E-state index contributed by atoms with van der Waals surface area (Å²) in [5, 5.41) is 12.9. The predicted molar refractivity (Wildman–Crippen MR) is 189 cm³/mol. The molecular formula is C40H47FN2O6. The summed E-state index contributed by atoms with van der Waals surface area (Å²) in [6, 6.07) is 22.4. The van der Waals surface area contributed by atoms with Gasteiger partial charge in [0.05, 0.1) is 29.9 Å². The van der Waals surface area contributed by atoms with Crippen LogP contribution in [0.15, 0.2) is 78.9 Å². The fourth-order valence-electron chi connectivity index (χ4n) is 6.60. The number of hydrogen-bond acceptors (Lipinski definition) is 6. The molecule has 1 aliphatic heterocycles. The number of ether oxygens (including phenoxy) is 3. The second-order valence-corrected chi connectivity index (χ2v) is 14.4. The van der Waals surface area contributed by atoms with Gasteiger partial charge in [0.25, 0.3) is 5.91 Å². The third kappa shape index (κ3) is 8.96. The number of carbonyl (C=O) groups is 2. The molecule has 1 saturated heterocycles. The van der Waals surface area contributed by atoms with Gasteiger partial charge in [-0.15, -0.1) is 0 Å². The molecule has 0 aliphatic carbocycles. The van der Waals surface area contributed by atoms with Crippen LogP contribution >= 0.6 is 0 Å². The molecule has 0 saturated carbocycles. The van der Waals surface area contributed by atoms with Crippen molar-refractivity contribution >= 4 is 17.6 Å². The molecule has 1 fully saturated rings. The lowest BCUT2D eigenvalue weighted by Gasteiger charge is -2.41. The van der Waals surface area contributed by atoms with Gasteiger partial charge in [-0.25, -0.2) is 4.39 Å². The molecule has 0 unspecified atom stereocenters. The van der Waals surface area contributed by atoms with Crippen molar-refractivity contribution in [2.75, 3.05) is 5.32 Å². The van der Waals surface area contributed by atoms with E-state index in [-0.39, 0.29) is 48.0 Å². The topological polar surface area (TPSA) is 99.0 Å². The number of halogens is 1. The zero-order valence-corrected chi connectivity index (χ0v) is 29.4. The fourth-order valence-corrected chi connectivity index (χ4v) is 6.60. The Hall–Kier alpha value is -4.47. The first-order valence-corrected chi connectivity index (χ1v) is 16.9. The predicted octanol–water partition coefficient (Wildman–Crippen LogP) is 9.07. The normalized spacial score (nSPS) is 17.6. The molecule has 1 aliphatic rings. The van der Waals surface area contributed by atoms with E-state index in [0.717, 1.165) is 28.1 Å². The van der Waals surface area contributed by atoms with E-state index in [1.165, 1.54) is 24.3 Å². The van der Waals surface area contributed by atoms with Gasteiger partial charge in [0, 0.05) is 29.9 Å². The number of benzene rings is 3. The van der Waals surface area contributed by atoms with Crippen LogP contribution in [-0.2, 0) is 25.5 Å². The van der Waals surface area contributed by atoms with Gasteiger partial charge in [0.1, 0.15) is 17.2 Å². The smallest absolute Gasteiger partial charge is 0.308 e. The minimum atomic E-state index is -0.919. The third-order valence-electron chi connectivity index (χ3n) is 8.30. The molecule has 0 bridgehead atoms. The van der Waals surface area contributed by atoms with Crippen molar-refractivity contribution in [2.24, 2.45) is 0 Å². The number of hydrogen-bond donors (Lipinski definition) is 2. The van der Waals surface area contributed by atoms with Crippen LogP contribution in [0.4, 0.5) is 10.1 Å². The van der Waals surface area contributed by atoms with E-state index in [4.69, 9.17) is 14.2 Å². The molecule has 1 aromatic heterocycles. The minimum absolute atomic E-state index is 0.0795. The summed E-state index contributed by atoms with van der Waals surface area (Å²) in [6.07, 6.45) is 0.525. The lowest BCUT2D eigenvalue weighted by Crippen LogP contribution is -2.46. The first kappa shape index (κ1) is 35.8. The highest BCUT2D eigenvalue weighted by molar-refractivity contribution is 6.12. The zero-order chi connectivity index (χ0) is 35.5. The average molecular weight is 671 g/mol. The Bertz CT molecular complexity index is 1760. The van der Waals surface area contributed by atoms with Crippen molar-refractivity contribution in [3.05, 3.63) is 95.9 Å². The quantitative estimate of drug-likeness (QED) is 0.129. The van der Waals surface area contributed by atoms with Gasteiger partial charge in [-0.3, -0.25) is 9.59 Å². The maximum absolute atomic E-state index is 14.4. The standard InChI is InChI=1S/C40H47FN2O6/c1-25(2)36-35(38(46)42-29-17-19-30(44)20-18-29)34(26-11-9-8-10-12-26)37(27-13-15-28(41)16-14-27)43(36)22-21-31-23-32(48-40(6,7)47-31)24-33(45)49-39(3,4)5/h8-20,25,31-32,44H,21-24H2,1-7H3,(H,42,46)/t31-,32-/m1/s1. The van der Waals surface area contributed by atoms with Crippen molar-refractivity contribution < 1.29 is 33.3 Å². The van der Waals surface area contributed by atoms with Gasteiger partial charge >= 0.3 is 5.97 Å². The first-order chi connectivity index (χ1) is 23.1. The van der Waals surface area contributed by atoms with Gasteiger partial charge in [0.15, 0.2) is 5.79 Å². The van der Waals surface area contributed by atoms with Gasteiger partial charge in [0.2, 0.25) is 0 Å². The molecule has 2 atom stereocenters. The number of aromatic hydroxyl groups is 1. The Morgan fingerprint density at radius 2 is 1.59 bits per heavy atom. The largest absolute Gasteiger partial charge is 0.508 e. The van der Waals surface area contributed by atoms with E-state index in [0.29, 0.717) is 30.6 Å². The molecule has 5 rings (SSSR count). The molecule has 0 spiro atoms. The van der Waals surface area contributed by atoms with Crippen LogP contribution in [-0.4, -0.2) is 45.1 Å². The van der Waals surface area contributed by atoms with Gasteiger partial charge < -0.3 is 29.2 Å². The summed E-state index contributed by atoms with van der Waals surface area (Å²) in [4.78, 5) is 27.1. The number of esters is 1. The zero-order valence-electron chi connectivity index (χ0n) is 29.4. The molecule has 49 heavy (non-hydrogen) atoms. The Morgan fingerprint density at radius 3 is 2.20 bits per heavy atom. The van der Waals surface area contributed by atoms with E-state index in [1.54, 1.807) is 24.3 Å². The summed E-state index contributed by atoms with van der Waals surface area (Å²) in [5.74, 6) is -1.87. The highest BCUT2D eigenvalue weighted by Gasteiger charge is 2.38. The van der Waals surface area contributed by atoms with E-state index >= 15 is 0 Å². The lowest BCUT2D eigenvalue weighted by atomic mass is 9.94. The monoisotopic (exact) mass is 670 g/mol. The SMILES string of the molecule is CC(C)c1c(C(=O)Nc2ccc(O)cc2)c(-c2ccccc2)c(-c2ccc(F)cc2)n1CC[C@@H]1C[C@H](CC(=O)OC(C)(C)C)OC(C)(C)O1. The highest BCUT2D eigenvalue weighted by Crippen LogP contribution is 2.43. The Balaban J connectivity index is 1.59. The lowest BCUT2D eigenvalue weighted by molar-refractivity contribution is -0.301. The Labute approximate surface area is 288 Å². The van der Waals surface area contributed by atoms with E-state index in [2.05, 4.69) is 23.7 Å². The molecule has 2 heterocycles. The molecule has 1 amide bonds. The van der Waals surface area contributed by atoms with E-state index in [9.17, 15) is 19.1 Å². The summed E-state index contributed by atoms with van der Waals surface area (Å²) >= 11 is 0. The summed E-state index contributed by atoms with van der Waals surface area (Å²) in [7, 11) is 0. The van der Waals surface area contributed by atoms with Crippen molar-refractivity contribution in [1.29, 1.82) is 0 Å². The number of phenolic OH excluding ortho intramolecular Hbond substituents is 1. The number of carbonyl (C=O) groups excluding carboxylic acids is 2.